The molecule has 1 aliphatic heterocycles. The number of thioether (sulfide) groups is 1. The van der Waals surface area contributed by atoms with Crippen molar-refractivity contribution in [3.05, 3.63) is 12.7 Å². The summed E-state index contributed by atoms with van der Waals surface area (Å²) in [7, 11) is 0. The van der Waals surface area contributed by atoms with Crippen LogP contribution in [0.15, 0.2) is 12.7 Å². The predicted octanol–water partition coefficient (Wildman–Crippen LogP) is 2.53. The molecular weight excluding hydrogens is 178 g/mol. The Balaban J connectivity index is 1.98. The molecule has 13 heavy (non-hydrogen) atoms. The van der Waals surface area contributed by atoms with Crippen molar-refractivity contribution in [3.63, 3.8) is 0 Å². The quantitative estimate of drug-likeness (QED) is 0.626. The second kappa shape index (κ2) is 4.52. The van der Waals surface area contributed by atoms with Gasteiger partial charge in [0, 0.05) is 30.1 Å². The zero-order valence-electron chi connectivity index (χ0n) is 8.24. The van der Waals surface area contributed by atoms with Gasteiger partial charge in [0.1, 0.15) is 0 Å². The molecule has 1 saturated carbocycles. The van der Waals surface area contributed by atoms with E-state index < -0.39 is 0 Å². The van der Waals surface area contributed by atoms with Gasteiger partial charge in [0.2, 0.25) is 0 Å². The van der Waals surface area contributed by atoms with E-state index in [1.165, 1.54) is 38.0 Å². The molecule has 1 saturated heterocycles. The van der Waals surface area contributed by atoms with Gasteiger partial charge in [-0.2, -0.15) is 11.8 Å². The Bertz CT molecular complexity index is 179. The van der Waals surface area contributed by atoms with Gasteiger partial charge >= 0.3 is 0 Å². The minimum Gasteiger partial charge on any atom is -0.295 e. The fraction of sp³-hybridized carbons (Fsp3) is 0.818. The minimum absolute atomic E-state index is 0.866. The molecule has 0 aromatic heterocycles. The first-order valence-corrected chi connectivity index (χ1v) is 6.43. The van der Waals surface area contributed by atoms with E-state index in [-0.39, 0.29) is 0 Å². The molecule has 0 spiro atoms. The highest BCUT2D eigenvalue weighted by Crippen LogP contribution is 2.35. The monoisotopic (exact) mass is 197 g/mol. The highest BCUT2D eigenvalue weighted by Gasteiger charge is 2.32. The van der Waals surface area contributed by atoms with Crippen molar-refractivity contribution in [2.75, 3.05) is 18.8 Å². The van der Waals surface area contributed by atoms with Crippen molar-refractivity contribution < 1.29 is 0 Å². The van der Waals surface area contributed by atoms with Gasteiger partial charge in [0.15, 0.2) is 0 Å². The molecule has 2 aliphatic rings. The molecular formula is C11H19NS. The fourth-order valence-corrected chi connectivity index (χ4v) is 4.08. The summed E-state index contributed by atoms with van der Waals surface area (Å²) in [6, 6.07) is 0.866. The van der Waals surface area contributed by atoms with E-state index in [0.29, 0.717) is 0 Å². The standard InChI is InChI=1S/C11H19NS/c1-2-7-12-8-9-13-11-6-4-3-5-10(11)12/h2,10-11H,1,3-9H2. The van der Waals surface area contributed by atoms with E-state index >= 15 is 0 Å². The smallest absolute Gasteiger partial charge is 0.0218 e. The van der Waals surface area contributed by atoms with E-state index in [9.17, 15) is 0 Å². The molecule has 1 aliphatic carbocycles. The Hall–Kier alpha value is 0.0500. The molecule has 1 nitrogen and oxygen atoms in total. The lowest BCUT2D eigenvalue weighted by molar-refractivity contribution is 0.180. The van der Waals surface area contributed by atoms with Crippen molar-refractivity contribution in [1.82, 2.24) is 4.90 Å². The number of hydrogen-bond acceptors (Lipinski definition) is 2. The average Bonchev–Trinajstić information content (AvgIpc) is 2.19. The SMILES string of the molecule is C=CCN1CCSC2CCCCC21. The maximum absolute atomic E-state index is 3.84. The lowest BCUT2D eigenvalue weighted by Gasteiger charge is -2.43. The zero-order valence-corrected chi connectivity index (χ0v) is 9.06. The summed E-state index contributed by atoms with van der Waals surface area (Å²) < 4.78 is 0. The summed E-state index contributed by atoms with van der Waals surface area (Å²) >= 11 is 2.20. The molecule has 0 amide bonds. The lowest BCUT2D eigenvalue weighted by Crippen LogP contribution is -2.48. The second-order valence-electron chi connectivity index (χ2n) is 4.04. The van der Waals surface area contributed by atoms with E-state index in [1.54, 1.807) is 0 Å². The van der Waals surface area contributed by atoms with Crippen LogP contribution in [-0.4, -0.2) is 35.0 Å². The molecule has 74 valence electrons. The summed E-state index contributed by atoms with van der Waals surface area (Å²) in [5, 5.41) is 0.933. The van der Waals surface area contributed by atoms with Gasteiger partial charge in [0.25, 0.3) is 0 Å². The summed E-state index contributed by atoms with van der Waals surface area (Å²) in [5.74, 6) is 1.33. The summed E-state index contributed by atoms with van der Waals surface area (Å²) in [6.07, 6.45) is 7.82. The van der Waals surface area contributed by atoms with Crippen molar-refractivity contribution >= 4 is 11.8 Å². The maximum atomic E-state index is 3.84. The highest BCUT2D eigenvalue weighted by molar-refractivity contribution is 8.00. The van der Waals surface area contributed by atoms with E-state index in [4.69, 9.17) is 0 Å². The van der Waals surface area contributed by atoms with Crippen molar-refractivity contribution in [3.8, 4) is 0 Å². The maximum Gasteiger partial charge on any atom is 0.0218 e. The van der Waals surface area contributed by atoms with E-state index in [1.807, 2.05) is 0 Å². The normalized spacial score (nSPS) is 35.4. The van der Waals surface area contributed by atoms with Gasteiger partial charge in [-0.25, -0.2) is 0 Å². The van der Waals surface area contributed by atoms with Crippen LogP contribution in [0.25, 0.3) is 0 Å². The molecule has 2 fully saturated rings. The molecule has 2 rings (SSSR count). The molecule has 0 aromatic carbocycles. The van der Waals surface area contributed by atoms with Crippen LogP contribution in [0.3, 0.4) is 0 Å². The van der Waals surface area contributed by atoms with E-state index in [0.717, 1.165) is 17.8 Å². The first kappa shape index (κ1) is 9.60. The molecule has 0 aromatic rings. The molecule has 0 N–H and O–H groups in total. The third-order valence-corrected chi connectivity index (χ3v) is 4.61. The zero-order chi connectivity index (χ0) is 9.10. The van der Waals surface area contributed by atoms with Crippen LogP contribution >= 0.6 is 11.8 Å². The second-order valence-corrected chi connectivity index (χ2v) is 5.39. The van der Waals surface area contributed by atoms with Gasteiger partial charge in [0.05, 0.1) is 0 Å². The topological polar surface area (TPSA) is 3.24 Å². The third kappa shape index (κ3) is 2.10. The number of rotatable bonds is 2. The van der Waals surface area contributed by atoms with Crippen molar-refractivity contribution in [2.45, 2.75) is 37.0 Å². The molecule has 2 atom stereocenters. The van der Waals surface area contributed by atoms with Crippen molar-refractivity contribution in [1.29, 1.82) is 0 Å². The molecule has 1 heterocycles. The van der Waals surface area contributed by atoms with Crippen LogP contribution < -0.4 is 0 Å². The Labute approximate surface area is 85.6 Å². The number of fused-ring (bicyclic) bond motifs is 1. The van der Waals surface area contributed by atoms with Crippen LogP contribution in [0.4, 0.5) is 0 Å². The van der Waals surface area contributed by atoms with Gasteiger partial charge < -0.3 is 0 Å². The highest BCUT2D eigenvalue weighted by atomic mass is 32.2. The van der Waals surface area contributed by atoms with Gasteiger partial charge in [-0.3, -0.25) is 4.90 Å². The molecule has 2 heteroatoms. The number of nitrogens with zero attached hydrogens (tertiary/aromatic N) is 1. The molecule has 0 radical (unpaired) electrons. The largest absolute Gasteiger partial charge is 0.295 e. The Morgan fingerprint density at radius 3 is 3.08 bits per heavy atom. The van der Waals surface area contributed by atoms with Crippen LogP contribution in [0, 0.1) is 0 Å². The first-order chi connectivity index (χ1) is 6.42. The van der Waals surface area contributed by atoms with Gasteiger partial charge in [-0.1, -0.05) is 18.9 Å². The summed E-state index contributed by atoms with van der Waals surface area (Å²) in [4.78, 5) is 2.63. The molecule has 0 bridgehead atoms. The van der Waals surface area contributed by atoms with Gasteiger partial charge in [-0.15, -0.1) is 6.58 Å². The number of hydrogen-bond donors (Lipinski definition) is 0. The Kier molecular flexibility index (Phi) is 3.33. The predicted molar refractivity (Wildman–Crippen MR) is 60.3 cm³/mol. The summed E-state index contributed by atoms with van der Waals surface area (Å²) in [5.41, 5.74) is 0. The minimum atomic E-state index is 0.866. The van der Waals surface area contributed by atoms with Crippen LogP contribution in [0.1, 0.15) is 25.7 Å². The van der Waals surface area contributed by atoms with E-state index in [2.05, 4.69) is 29.3 Å². The third-order valence-electron chi connectivity index (χ3n) is 3.21. The summed E-state index contributed by atoms with van der Waals surface area (Å²) in [6.45, 7) is 6.22. The van der Waals surface area contributed by atoms with Gasteiger partial charge in [-0.05, 0) is 12.8 Å². The van der Waals surface area contributed by atoms with Crippen LogP contribution in [0.2, 0.25) is 0 Å². The van der Waals surface area contributed by atoms with Crippen LogP contribution in [0.5, 0.6) is 0 Å². The lowest BCUT2D eigenvalue weighted by atomic mass is 9.93. The first-order valence-electron chi connectivity index (χ1n) is 5.38. The Morgan fingerprint density at radius 2 is 2.23 bits per heavy atom. The Morgan fingerprint density at radius 1 is 1.38 bits per heavy atom. The average molecular weight is 197 g/mol. The molecule has 2 unspecified atom stereocenters. The van der Waals surface area contributed by atoms with Crippen molar-refractivity contribution in [2.24, 2.45) is 0 Å². The fourth-order valence-electron chi connectivity index (χ4n) is 2.57. The van der Waals surface area contributed by atoms with Crippen LogP contribution in [-0.2, 0) is 0 Å².